The van der Waals surface area contributed by atoms with E-state index in [0.717, 1.165) is 56.4 Å². The van der Waals surface area contributed by atoms with Crippen LogP contribution in [-0.2, 0) is 4.79 Å². The number of aromatic nitrogens is 1. The zero-order valence-corrected chi connectivity index (χ0v) is 21.0. The second kappa shape index (κ2) is 10.3. The minimum atomic E-state index is 0.270. The Morgan fingerprint density at radius 3 is 2.63 bits per heavy atom. The standard InChI is InChI=1S/C27H36N6O2/c1-20(2)32-19-22(34)17-21-18-33(27-23(26(21)32)7-6-10-28-27)29-11-12-30-13-15-31(16-14-30)24-8-4-5-9-25(24)35-3/h4-10,20,29H,11-19H2,1-3H3. The molecule has 35 heavy (non-hydrogen) atoms. The predicted octanol–water partition coefficient (Wildman–Crippen LogP) is 2.63. The Morgan fingerprint density at radius 2 is 1.86 bits per heavy atom. The Hall–Kier alpha value is -3.10. The minimum absolute atomic E-state index is 0.270. The molecule has 5 rings (SSSR count). The van der Waals surface area contributed by atoms with Gasteiger partial charge in [0.1, 0.15) is 5.75 Å². The van der Waals surface area contributed by atoms with E-state index in [9.17, 15) is 4.79 Å². The number of carbonyl (C=O) groups excluding carboxylic acids is 1. The van der Waals surface area contributed by atoms with Crippen molar-refractivity contribution in [3.05, 3.63) is 53.7 Å². The van der Waals surface area contributed by atoms with E-state index in [1.54, 1.807) is 7.11 Å². The number of piperazine rings is 1. The predicted molar refractivity (Wildman–Crippen MR) is 140 cm³/mol. The number of carbonyl (C=O) groups is 1. The molecule has 8 heteroatoms. The number of nitrogens with one attached hydrogen (secondary N) is 1. The monoisotopic (exact) mass is 476 g/mol. The maximum Gasteiger partial charge on any atom is 0.156 e. The number of methoxy groups -OCH3 is 1. The number of nitrogens with zero attached hydrogens (tertiary/aromatic N) is 5. The van der Waals surface area contributed by atoms with Crippen LogP contribution < -0.4 is 20.1 Å². The van der Waals surface area contributed by atoms with Gasteiger partial charge in [0, 0.05) is 69.2 Å². The summed E-state index contributed by atoms with van der Waals surface area (Å²) in [6.45, 7) is 11.3. The van der Waals surface area contributed by atoms with E-state index in [4.69, 9.17) is 9.72 Å². The molecule has 0 spiro atoms. The van der Waals surface area contributed by atoms with Gasteiger partial charge in [0.2, 0.25) is 0 Å². The summed E-state index contributed by atoms with van der Waals surface area (Å²) in [5, 5.41) is 2.14. The number of hydrogen-bond donors (Lipinski definition) is 1. The van der Waals surface area contributed by atoms with E-state index in [-0.39, 0.29) is 11.8 Å². The van der Waals surface area contributed by atoms with Gasteiger partial charge in [-0.3, -0.25) is 14.7 Å². The maximum absolute atomic E-state index is 12.5. The van der Waals surface area contributed by atoms with Gasteiger partial charge in [0.25, 0.3) is 0 Å². The lowest BCUT2D eigenvalue weighted by atomic mass is 9.92. The molecule has 0 aliphatic carbocycles. The molecule has 1 saturated heterocycles. The fourth-order valence-electron chi connectivity index (χ4n) is 5.41. The molecule has 186 valence electrons. The number of ketones is 1. The number of anilines is 2. The third-order valence-corrected chi connectivity index (χ3v) is 7.18. The van der Waals surface area contributed by atoms with Gasteiger partial charge in [-0.15, -0.1) is 0 Å². The summed E-state index contributed by atoms with van der Waals surface area (Å²) >= 11 is 0. The van der Waals surface area contributed by atoms with Gasteiger partial charge < -0.3 is 14.5 Å². The van der Waals surface area contributed by atoms with E-state index in [1.807, 2.05) is 24.4 Å². The molecule has 1 N–H and O–H groups in total. The Balaban J connectivity index is 1.20. The van der Waals surface area contributed by atoms with Gasteiger partial charge in [-0.25, -0.2) is 10.4 Å². The smallest absolute Gasteiger partial charge is 0.156 e. The highest BCUT2D eigenvalue weighted by Crippen LogP contribution is 2.39. The molecule has 1 aromatic carbocycles. The number of para-hydroxylation sites is 2. The van der Waals surface area contributed by atoms with Gasteiger partial charge in [0.05, 0.1) is 25.9 Å². The fraction of sp³-hybridized carbons (Fsp3) is 0.481. The van der Waals surface area contributed by atoms with Crippen LogP contribution in [0.4, 0.5) is 11.5 Å². The van der Waals surface area contributed by atoms with Gasteiger partial charge >= 0.3 is 0 Å². The van der Waals surface area contributed by atoms with Crippen molar-refractivity contribution in [2.45, 2.75) is 26.3 Å². The molecule has 0 amide bonds. The highest BCUT2D eigenvalue weighted by atomic mass is 16.5. The van der Waals surface area contributed by atoms with Gasteiger partial charge in [-0.05, 0) is 43.7 Å². The molecule has 1 fully saturated rings. The highest BCUT2D eigenvalue weighted by molar-refractivity contribution is 5.93. The molecule has 8 nitrogen and oxygen atoms in total. The quantitative estimate of drug-likeness (QED) is 0.655. The van der Waals surface area contributed by atoms with Crippen LogP contribution in [0.3, 0.4) is 0 Å². The number of Topliss-reactive ketones (excluding diaryl/α,β-unsaturated/α-hetero) is 1. The highest BCUT2D eigenvalue weighted by Gasteiger charge is 2.34. The van der Waals surface area contributed by atoms with Crippen molar-refractivity contribution in [1.29, 1.82) is 0 Å². The zero-order chi connectivity index (χ0) is 24.4. The first-order valence-corrected chi connectivity index (χ1v) is 12.6. The largest absolute Gasteiger partial charge is 0.495 e. The molecule has 0 unspecified atom stereocenters. The maximum atomic E-state index is 12.5. The lowest BCUT2D eigenvalue weighted by Gasteiger charge is -2.42. The number of hydrogen-bond acceptors (Lipinski definition) is 8. The van der Waals surface area contributed by atoms with Crippen LogP contribution in [0.5, 0.6) is 5.75 Å². The Bertz CT molecular complexity index is 1090. The summed E-state index contributed by atoms with van der Waals surface area (Å²) in [7, 11) is 1.73. The van der Waals surface area contributed by atoms with E-state index >= 15 is 0 Å². The van der Waals surface area contributed by atoms with Crippen molar-refractivity contribution in [2.24, 2.45) is 0 Å². The number of pyridine rings is 1. The van der Waals surface area contributed by atoms with Crippen LogP contribution >= 0.6 is 0 Å². The van der Waals surface area contributed by atoms with E-state index in [0.29, 0.717) is 19.5 Å². The summed E-state index contributed by atoms with van der Waals surface area (Å²) in [5.74, 6) is 2.18. The van der Waals surface area contributed by atoms with Crippen molar-refractivity contribution < 1.29 is 9.53 Å². The molecule has 0 atom stereocenters. The van der Waals surface area contributed by atoms with Crippen LogP contribution in [0.1, 0.15) is 25.8 Å². The van der Waals surface area contributed by atoms with Crippen molar-refractivity contribution in [3.63, 3.8) is 0 Å². The summed E-state index contributed by atoms with van der Waals surface area (Å²) in [5.41, 5.74) is 8.29. The Kier molecular flexibility index (Phi) is 6.92. The molecule has 2 aromatic rings. The first-order chi connectivity index (χ1) is 17.0. The second-order valence-electron chi connectivity index (χ2n) is 9.76. The van der Waals surface area contributed by atoms with Crippen molar-refractivity contribution in [2.75, 3.05) is 69.4 Å². The summed E-state index contributed by atoms with van der Waals surface area (Å²) in [6, 6.07) is 12.6. The topological polar surface area (TPSA) is 64.2 Å². The summed E-state index contributed by atoms with van der Waals surface area (Å²) in [6.07, 6.45) is 2.37. The van der Waals surface area contributed by atoms with Crippen LogP contribution in [0, 0.1) is 0 Å². The fourth-order valence-corrected chi connectivity index (χ4v) is 5.41. The van der Waals surface area contributed by atoms with Crippen LogP contribution in [-0.4, -0.2) is 86.1 Å². The van der Waals surface area contributed by atoms with E-state index in [2.05, 4.69) is 57.2 Å². The van der Waals surface area contributed by atoms with Crippen molar-refractivity contribution >= 4 is 23.0 Å². The second-order valence-corrected chi connectivity index (χ2v) is 9.76. The van der Waals surface area contributed by atoms with Gasteiger partial charge in [-0.1, -0.05) is 12.1 Å². The third kappa shape index (κ3) is 4.86. The van der Waals surface area contributed by atoms with E-state index in [1.165, 1.54) is 17.0 Å². The summed E-state index contributed by atoms with van der Waals surface area (Å²) < 4.78 is 5.55. The molecule has 4 heterocycles. The first-order valence-electron chi connectivity index (χ1n) is 12.6. The Morgan fingerprint density at radius 1 is 1.06 bits per heavy atom. The van der Waals surface area contributed by atoms with Crippen LogP contribution in [0.15, 0.2) is 48.2 Å². The summed E-state index contributed by atoms with van der Waals surface area (Å²) in [4.78, 5) is 24.3. The first kappa shape index (κ1) is 23.6. The molecule has 3 aliphatic heterocycles. The van der Waals surface area contributed by atoms with Gasteiger partial charge in [-0.2, -0.15) is 0 Å². The van der Waals surface area contributed by atoms with E-state index < -0.39 is 0 Å². The molecular weight excluding hydrogens is 440 g/mol. The van der Waals surface area contributed by atoms with Crippen LogP contribution in [0.25, 0.3) is 5.70 Å². The minimum Gasteiger partial charge on any atom is -0.495 e. The van der Waals surface area contributed by atoms with Crippen molar-refractivity contribution in [3.8, 4) is 5.75 Å². The number of fused-ring (bicyclic) bond motifs is 2. The molecule has 3 aliphatic rings. The normalized spacial score (nSPS) is 18.7. The average molecular weight is 477 g/mol. The molecular formula is C27H36N6O2. The lowest BCUT2D eigenvalue weighted by molar-refractivity contribution is -0.119. The van der Waals surface area contributed by atoms with Crippen molar-refractivity contribution in [1.82, 2.24) is 20.2 Å². The number of hydrazine groups is 1. The SMILES string of the molecule is COc1ccccc1N1CCN(CCNN2CC3=C(c4cccnc42)N(C(C)C)CC(=O)C3)CC1. The zero-order valence-electron chi connectivity index (χ0n) is 21.0. The molecule has 1 aromatic heterocycles. The number of benzene rings is 1. The third-order valence-electron chi connectivity index (χ3n) is 7.18. The number of rotatable bonds is 7. The molecule has 0 bridgehead atoms. The average Bonchev–Trinajstić information content (AvgIpc) is 2.88. The van der Waals surface area contributed by atoms with Crippen LogP contribution in [0.2, 0.25) is 0 Å². The number of ether oxygens (including phenoxy) is 1. The Labute approximate surface area is 208 Å². The lowest BCUT2D eigenvalue weighted by Crippen LogP contribution is -2.51. The molecule has 0 saturated carbocycles. The van der Waals surface area contributed by atoms with Gasteiger partial charge in [0.15, 0.2) is 11.6 Å². The molecule has 0 radical (unpaired) electrons.